The van der Waals surface area contributed by atoms with Crippen molar-refractivity contribution in [3.63, 3.8) is 0 Å². The number of rotatable bonds is 6. The second-order valence-electron chi connectivity index (χ2n) is 4.32. The third kappa shape index (κ3) is 3.38. The maximum Gasteiger partial charge on any atom is 0.231 e. The van der Waals surface area contributed by atoms with Crippen molar-refractivity contribution in [2.75, 3.05) is 26.5 Å². The second kappa shape index (κ2) is 5.94. The van der Waals surface area contributed by atoms with Crippen LogP contribution in [0.1, 0.15) is 6.42 Å². The van der Waals surface area contributed by atoms with Gasteiger partial charge in [0.15, 0.2) is 10.8 Å². The van der Waals surface area contributed by atoms with Gasteiger partial charge in [-0.25, -0.2) is 17.7 Å². The Balaban J connectivity index is 1.92. The summed E-state index contributed by atoms with van der Waals surface area (Å²) >= 11 is 5.90. The highest BCUT2D eigenvalue weighted by molar-refractivity contribution is 7.89. The van der Waals surface area contributed by atoms with Crippen LogP contribution in [-0.4, -0.2) is 53.8 Å². The van der Waals surface area contributed by atoms with Gasteiger partial charge in [0.05, 0.1) is 18.6 Å². The summed E-state index contributed by atoms with van der Waals surface area (Å²) in [7, 11) is -0.175. The maximum absolute atomic E-state index is 11.6. The van der Waals surface area contributed by atoms with Crippen molar-refractivity contribution in [3.05, 3.63) is 23.5 Å². The minimum absolute atomic E-state index is 0.0358. The largest absolute Gasteiger partial charge is 0.477 e. The summed E-state index contributed by atoms with van der Waals surface area (Å²) in [6, 6.07) is 3.39. The number of sulfonamides is 1. The van der Waals surface area contributed by atoms with Crippen LogP contribution < -0.4 is 4.74 Å². The number of imidazole rings is 1. The van der Waals surface area contributed by atoms with Gasteiger partial charge in [-0.1, -0.05) is 11.6 Å². The summed E-state index contributed by atoms with van der Waals surface area (Å²) in [5.74, 6) is 0.410. The lowest BCUT2D eigenvalue weighted by atomic mass is 10.5. The zero-order valence-corrected chi connectivity index (χ0v) is 12.7. The van der Waals surface area contributed by atoms with E-state index in [4.69, 9.17) is 16.3 Å². The molecule has 0 bridgehead atoms. The molecule has 0 amide bonds. The molecule has 110 valence electrons. The Hall–Kier alpha value is -1.38. The Morgan fingerprint density at radius 3 is 2.85 bits per heavy atom. The lowest BCUT2D eigenvalue weighted by molar-refractivity contribution is 0.300. The summed E-state index contributed by atoms with van der Waals surface area (Å²) in [5, 5.41) is 4.53. The van der Waals surface area contributed by atoms with Crippen LogP contribution in [0, 0.1) is 0 Å². The second-order valence-corrected chi connectivity index (χ2v) is 7.01. The molecule has 0 unspecified atom stereocenters. The average Bonchev–Trinajstić information content (AvgIpc) is 2.76. The van der Waals surface area contributed by atoms with Gasteiger partial charge >= 0.3 is 0 Å². The van der Waals surface area contributed by atoms with E-state index in [-0.39, 0.29) is 12.4 Å². The zero-order chi connectivity index (χ0) is 14.8. The first kappa shape index (κ1) is 15.0. The van der Waals surface area contributed by atoms with E-state index < -0.39 is 10.0 Å². The van der Waals surface area contributed by atoms with Gasteiger partial charge in [0.2, 0.25) is 15.9 Å². The normalized spacial score (nSPS) is 12.2. The van der Waals surface area contributed by atoms with Crippen LogP contribution in [0.15, 0.2) is 18.3 Å². The van der Waals surface area contributed by atoms with Crippen LogP contribution in [0.25, 0.3) is 5.65 Å². The van der Waals surface area contributed by atoms with Gasteiger partial charge in [-0.3, -0.25) is 0 Å². The van der Waals surface area contributed by atoms with Crippen molar-refractivity contribution in [2.45, 2.75) is 6.42 Å². The number of aromatic nitrogens is 3. The number of nitrogens with zero attached hydrogens (tertiary/aromatic N) is 4. The molecule has 2 aromatic heterocycles. The summed E-state index contributed by atoms with van der Waals surface area (Å²) in [4.78, 5) is 4.04. The van der Waals surface area contributed by atoms with Crippen molar-refractivity contribution in [1.82, 2.24) is 18.9 Å². The van der Waals surface area contributed by atoms with Crippen LogP contribution in [0.3, 0.4) is 0 Å². The summed E-state index contributed by atoms with van der Waals surface area (Å²) < 4.78 is 31.2. The molecule has 0 aliphatic heterocycles. The summed E-state index contributed by atoms with van der Waals surface area (Å²) in [6.07, 6.45) is 1.88. The Morgan fingerprint density at radius 2 is 2.15 bits per heavy atom. The highest BCUT2D eigenvalue weighted by atomic mass is 35.5. The van der Waals surface area contributed by atoms with Crippen LogP contribution in [-0.2, 0) is 10.0 Å². The topological polar surface area (TPSA) is 76.8 Å². The fourth-order valence-corrected chi connectivity index (χ4v) is 2.53. The zero-order valence-electron chi connectivity index (χ0n) is 11.2. The van der Waals surface area contributed by atoms with E-state index in [2.05, 4.69) is 10.1 Å². The van der Waals surface area contributed by atoms with Crippen LogP contribution in [0.5, 0.6) is 5.88 Å². The Bertz CT molecular complexity index is 699. The molecule has 0 atom stereocenters. The number of halogens is 1. The highest BCUT2D eigenvalue weighted by Crippen LogP contribution is 2.14. The molecule has 2 aromatic rings. The van der Waals surface area contributed by atoms with Crippen LogP contribution in [0.4, 0.5) is 0 Å². The molecule has 0 spiro atoms. The molecule has 0 aliphatic rings. The van der Waals surface area contributed by atoms with Crippen molar-refractivity contribution in [3.8, 4) is 5.88 Å². The predicted molar refractivity (Wildman–Crippen MR) is 75.6 cm³/mol. The molecule has 0 saturated heterocycles. The van der Waals surface area contributed by atoms with Crippen LogP contribution >= 0.6 is 11.6 Å². The lowest BCUT2D eigenvalue weighted by Gasteiger charge is -2.11. The Morgan fingerprint density at radius 1 is 1.40 bits per heavy atom. The molecule has 0 aromatic carbocycles. The third-order valence-corrected chi connectivity index (χ3v) is 4.82. The molecule has 0 fully saturated rings. The molecule has 0 N–H and O–H groups in total. The van der Waals surface area contributed by atoms with Gasteiger partial charge in [-0.05, 0) is 12.5 Å². The molecule has 2 heterocycles. The number of hydrogen-bond donors (Lipinski definition) is 0. The minimum Gasteiger partial charge on any atom is -0.477 e. The first-order valence-corrected chi connectivity index (χ1v) is 7.92. The van der Waals surface area contributed by atoms with Crippen molar-refractivity contribution < 1.29 is 13.2 Å². The molecule has 20 heavy (non-hydrogen) atoms. The fraction of sp³-hybridized carbons (Fsp3) is 0.455. The predicted octanol–water partition coefficient (Wildman–Crippen LogP) is 1.04. The lowest BCUT2D eigenvalue weighted by Crippen LogP contribution is -2.25. The van der Waals surface area contributed by atoms with Gasteiger partial charge in [-0.15, -0.1) is 5.10 Å². The highest BCUT2D eigenvalue weighted by Gasteiger charge is 2.13. The standard InChI is InChI=1S/C11H15ClN4O3S/c1-15(2)20(17,18)7-3-6-19-11-5-4-10-13-8-9(12)16(10)14-11/h4-5,8H,3,6-7H2,1-2H3. The molecule has 2 rings (SSSR count). The van der Waals surface area contributed by atoms with E-state index in [1.807, 2.05) is 0 Å². The first-order valence-electron chi connectivity index (χ1n) is 5.93. The van der Waals surface area contributed by atoms with Gasteiger partial charge in [-0.2, -0.15) is 4.52 Å². The Labute approximate surface area is 122 Å². The van der Waals surface area contributed by atoms with Crippen LogP contribution in [0.2, 0.25) is 5.15 Å². The third-order valence-electron chi connectivity index (χ3n) is 2.65. The number of fused-ring (bicyclic) bond motifs is 1. The molecular weight excluding hydrogens is 304 g/mol. The van der Waals surface area contributed by atoms with E-state index in [0.717, 1.165) is 0 Å². The maximum atomic E-state index is 11.6. The van der Waals surface area contributed by atoms with Gasteiger partial charge in [0.1, 0.15) is 0 Å². The van der Waals surface area contributed by atoms with Gasteiger partial charge in [0, 0.05) is 20.2 Å². The van der Waals surface area contributed by atoms with E-state index in [1.54, 1.807) is 12.1 Å². The molecule has 7 nitrogen and oxygen atoms in total. The van der Waals surface area contributed by atoms with E-state index in [1.165, 1.54) is 29.1 Å². The molecule has 0 saturated carbocycles. The SMILES string of the molecule is CN(C)S(=O)(=O)CCCOc1ccc2ncc(Cl)n2n1. The number of hydrogen-bond acceptors (Lipinski definition) is 5. The average molecular weight is 319 g/mol. The van der Waals surface area contributed by atoms with E-state index in [9.17, 15) is 8.42 Å². The van der Waals surface area contributed by atoms with Crippen molar-refractivity contribution >= 4 is 27.3 Å². The number of ether oxygens (including phenoxy) is 1. The smallest absolute Gasteiger partial charge is 0.231 e. The molecule has 0 aliphatic carbocycles. The monoisotopic (exact) mass is 318 g/mol. The molecule has 0 radical (unpaired) electrons. The minimum atomic E-state index is -3.19. The fourth-order valence-electron chi connectivity index (χ4n) is 1.51. The quantitative estimate of drug-likeness (QED) is 0.744. The summed E-state index contributed by atoms with van der Waals surface area (Å²) in [6.45, 7) is 0.262. The Kier molecular flexibility index (Phi) is 4.46. The van der Waals surface area contributed by atoms with Crippen molar-refractivity contribution in [1.29, 1.82) is 0 Å². The van der Waals surface area contributed by atoms with E-state index in [0.29, 0.717) is 23.1 Å². The van der Waals surface area contributed by atoms with Gasteiger partial charge < -0.3 is 4.74 Å². The molecule has 9 heteroatoms. The first-order chi connectivity index (χ1) is 9.40. The molecular formula is C11H15ClN4O3S. The van der Waals surface area contributed by atoms with E-state index >= 15 is 0 Å². The summed E-state index contributed by atoms with van der Waals surface area (Å²) in [5.41, 5.74) is 0.623. The van der Waals surface area contributed by atoms with Crippen molar-refractivity contribution in [2.24, 2.45) is 0 Å². The van der Waals surface area contributed by atoms with Gasteiger partial charge in [0.25, 0.3) is 0 Å².